The average molecular weight is 154 g/mol. The number of hydrogen-bond acceptors (Lipinski definition) is 3. The molecule has 0 aromatic carbocycles. The van der Waals surface area contributed by atoms with Crippen molar-refractivity contribution in [2.75, 3.05) is 12.0 Å². The average Bonchev–Trinajstić information content (AvgIpc) is 2.36. The fourth-order valence-corrected chi connectivity index (χ4v) is 1.71. The number of fused-ring (bicyclic) bond motifs is 1. The molecule has 1 amide bonds. The quantitative estimate of drug-likeness (QED) is 0.582. The van der Waals surface area contributed by atoms with E-state index in [1.54, 1.807) is 11.3 Å². The van der Waals surface area contributed by atoms with Gasteiger partial charge in [0.2, 0.25) is 0 Å². The maximum absolute atomic E-state index is 11.0. The normalized spacial score (nSPS) is 15.4. The molecule has 3 nitrogen and oxygen atoms in total. The third-order valence-electron chi connectivity index (χ3n) is 1.41. The number of anilines is 1. The molecule has 0 saturated heterocycles. The minimum Gasteiger partial charge on any atom is -0.359 e. The van der Waals surface area contributed by atoms with Crippen molar-refractivity contribution in [3.8, 4) is 0 Å². The Morgan fingerprint density at radius 3 is 3.20 bits per heavy atom. The standard InChI is InChI=1S/C6H6N2OS/c9-5-4-1-2-10-6(4)8-3-7-5/h1-2,8H,3H2,(H,7,9). The highest BCUT2D eigenvalue weighted by molar-refractivity contribution is 7.14. The predicted octanol–water partition coefficient (Wildman–Crippen LogP) is 0.861. The summed E-state index contributed by atoms with van der Waals surface area (Å²) in [7, 11) is 0. The van der Waals surface area contributed by atoms with Gasteiger partial charge in [0.25, 0.3) is 5.91 Å². The van der Waals surface area contributed by atoms with Crippen LogP contribution < -0.4 is 10.6 Å². The van der Waals surface area contributed by atoms with E-state index in [-0.39, 0.29) is 5.91 Å². The van der Waals surface area contributed by atoms with E-state index in [0.29, 0.717) is 6.67 Å². The zero-order valence-corrected chi connectivity index (χ0v) is 5.99. The van der Waals surface area contributed by atoms with Crippen LogP contribution in [0.5, 0.6) is 0 Å². The van der Waals surface area contributed by atoms with Crippen LogP contribution in [-0.4, -0.2) is 12.6 Å². The van der Waals surface area contributed by atoms with Crippen molar-refractivity contribution in [2.24, 2.45) is 0 Å². The lowest BCUT2D eigenvalue weighted by Crippen LogP contribution is -2.33. The number of carbonyl (C=O) groups excluding carboxylic acids is 1. The summed E-state index contributed by atoms with van der Waals surface area (Å²) in [6.45, 7) is 0.548. The highest BCUT2D eigenvalue weighted by Crippen LogP contribution is 2.24. The van der Waals surface area contributed by atoms with Crippen LogP contribution in [0.2, 0.25) is 0 Å². The lowest BCUT2D eigenvalue weighted by atomic mass is 10.3. The molecule has 0 spiro atoms. The van der Waals surface area contributed by atoms with Crippen LogP contribution >= 0.6 is 11.3 Å². The van der Waals surface area contributed by atoms with Gasteiger partial charge in [0.1, 0.15) is 5.00 Å². The molecule has 0 aliphatic carbocycles. The molecular formula is C6H6N2OS. The van der Waals surface area contributed by atoms with E-state index in [4.69, 9.17) is 0 Å². The molecular weight excluding hydrogens is 148 g/mol. The summed E-state index contributed by atoms with van der Waals surface area (Å²) in [5.41, 5.74) is 0.760. The lowest BCUT2D eigenvalue weighted by Gasteiger charge is -2.13. The monoisotopic (exact) mass is 154 g/mol. The van der Waals surface area contributed by atoms with Crippen molar-refractivity contribution in [2.45, 2.75) is 0 Å². The minimum absolute atomic E-state index is 0.0231. The molecule has 2 heterocycles. The maximum atomic E-state index is 11.0. The summed E-state index contributed by atoms with van der Waals surface area (Å²) in [5.74, 6) is 0.0231. The summed E-state index contributed by atoms with van der Waals surface area (Å²) in [5, 5.41) is 8.62. The second-order valence-corrected chi connectivity index (χ2v) is 2.94. The number of rotatable bonds is 0. The molecule has 0 unspecified atom stereocenters. The Hall–Kier alpha value is -1.03. The van der Waals surface area contributed by atoms with E-state index >= 15 is 0 Å². The van der Waals surface area contributed by atoms with Crippen molar-refractivity contribution in [1.82, 2.24) is 5.32 Å². The van der Waals surface area contributed by atoms with Gasteiger partial charge in [-0.15, -0.1) is 11.3 Å². The van der Waals surface area contributed by atoms with Crippen molar-refractivity contribution in [3.63, 3.8) is 0 Å². The first-order valence-corrected chi connectivity index (χ1v) is 3.85. The Bertz CT molecular complexity index is 268. The third-order valence-corrected chi connectivity index (χ3v) is 2.28. The van der Waals surface area contributed by atoms with Gasteiger partial charge in [-0.1, -0.05) is 0 Å². The summed E-state index contributed by atoms with van der Waals surface area (Å²) in [6, 6.07) is 1.82. The van der Waals surface area contributed by atoms with Crippen molar-refractivity contribution < 1.29 is 4.79 Å². The summed E-state index contributed by atoms with van der Waals surface area (Å²) < 4.78 is 0. The fourth-order valence-electron chi connectivity index (χ4n) is 0.925. The zero-order valence-electron chi connectivity index (χ0n) is 5.18. The summed E-state index contributed by atoms with van der Waals surface area (Å²) >= 11 is 1.56. The van der Waals surface area contributed by atoms with Gasteiger partial charge in [-0.3, -0.25) is 4.79 Å². The molecule has 2 N–H and O–H groups in total. The highest BCUT2D eigenvalue weighted by atomic mass is 32.1. The van der Waals surface area contributed by atoms with E-state index in [9.17, 15) is 4.79 Å². The number of nitrogens with one attached hydrogen (secondary N) is 2. The number of thiophene rings is 1. The largest absolute Gasteiger partial charge is 0.359 e. The van der Waals surface area contributed by atoms with Crippen molar-refractivity contribution in [1.29, 1.82) is 0 Å². The number of amides is 1. The molecule has 52 valence electrons. The molecule has 0 saturated carbocycles. The van der Waals surface area contributed by atoms with Crippen LogP contribution in [0.25, 0.3) is 0 Å². The first kappa shape index (κ1) is 5.73. The topological polar surface area (TPSA) is 41.1 Å². The van der Waals surface area contributed by atoms with Crippen LogP contribution in [0, 0.1) is 0 Å². The lowest BCUT2D eigenvalue weighted by molar-refractivity contribution is 0.0953. The summed E-state index contributed by atoms with van der Waals surface area (Å²) in [4.78, 5) is 11.0. The Labute approximate surface area is 62.1 Å². The third kappa shape index (κ3) is 0.690. The van der Waals surface area contributed by atoms with Gasteiger partial charge < -0.3 is 10.6 Å². The molecule has 1 aromatic rings. The molecule has 1 aliphatic heterocycles. The van der Waals surface area contributed by atoms with Gasteiger partial charge in [0.05, 0.1) is 12.2 Å². The Morgan fingerprint density at radius 2 is 2.40 bits per heavy atom. The fraction of sp³-hybridized carbons (Fsp3) is 0.167. The van der Waals surface area contributed by atoms with E-state index in [1.165, 1.54) is 0 Å². The Balaban J connectivity index is 2.50. The zero-order chi connectivity index (χ0) is 6.97. The van der Waals surface area contributed by atoms with Crippen LogP contribution in [0.1, 0.15) is 10.4 Å². The minimum atomic E-state index is 0.0231. The number of hydrogen-bond donors (Lipinski definition) is 2. The second-order valence-electron chi connectivity index (χ2n) is 2.02. The van der Waals surface area contributed by atoms with Crippen LogP contribution in [0.15, 0.2) is 11.4 Å². The molecule has 0 radical (unpaired) electrons. The first-order valence-electron chi connectivity index (χ1n) is 2.97. The molecule has 0 bridgehead atoms. The molecule has 1 aliphatic rings. The van der Waals surface area contributed by atoms with Crippen LogP contribution in [0.4, 0.5) is 5.00 Å². The van der Waals surface area contributed by atoms with Crippen LogP contribution in [0.3, 0.4) is 0 Å². The van der Waals surface area contributed by atoms with Gasteiger partial charge in [-0.2, -0.15) is 0 Å². The smallest absolute Gasteiger partial charge is 0.255 e. The predicted molar refractivity (Wildman–Crippen MR) is 40.3 cm³/mol. The molecule has 0 fully saturated rings. The van der Waals surface area contributed by atoms with Gasteiger partial charge in [-0.25, -0.2) is 0 Å². The Morgan fingerprint density at radius 1 is 1.50 bits per heavy atom. The SMILES string of the molecule is O=C1NCNc2sccc21. The second kappa shape index (κ2) is 1.98. The van der Waals surface area contributed by atoms with Crippen molar-refractivity contribution >= 4 is 22.2 Å². The van der Waals surface area contributed by atoms with Gasteiger partial charge >= 0.3 is 0 Å². The van der Waals surface area contributed by atoms with E-state index in [1.807, 2.05) is 11.4 Å². The van der Waals surface area contributed by atoms with E-state index < -0.39 is 0 Å². The molecule has 2 rings (SSSR count). The van der Waals surface area contributed by atoms with Crippen molar-refractivity contribution in [3.05, 3.63) is 17.0 Å². The van der Waals surface area contributed by atoms with E-state index in [0.717, 1.165) is 10.6 Å². The van der Waals surface area contributed by atoms with Gasteiger partial charge in [-0.05, 0) is 11.4 Å². The van der Waals surface area contributed by atoms with Gasteiger partial charge in [0.15, 0.2) is 0 Å². The molecule has 1 aromatic heterocycles. The summed E-state index contributed by atoms with van der Waals surface area (Å²) in [6.07, 6.45) is 0. The van der Waals surface area contributed by atoms with Gasteiger partial charge in [0, 0.05) is 0 Å². The molecule has 0 atom stereocenters. The maximum Gasteiger partial charge on any atom is 0.255 e. The highest BCUT2D eigenvalue weighted by Gasteiger charge is 2.15. The first-order chi connectivity index (χ1) is 4.88. The number of carbonyl (C=O) groups is 1. The Kier molecular flexibility index (Phi) is 1.14. The molecule has 4 heteroatoms. The molecule has 10 heavy (non-hydrogen) atoms. The van der Waals surface area contributed by atoms with Crippen LogP contribution in [-0.2, 0) is 0 Å². The van der Waals surface area contributed by atoms with E-state index in [2.05, 4.69) is 10.6 Å².